The molecule has 1 aromatic heterocycles. The minimum absolute atomic E-state index is 0.219. The van der Waals surface area contributed by atoms with Gasteiger partial charge in [-0.05, 0) is 59.6 Å². The first-order valence-corrected chi connectivity index (χ1v) is 6.02. The standard InChI is InChI=1S/C13H12BrFN2/c1-8-3-4-10(7-12(8)15)17-13-6-5-11(14)9(2)16-13/h3-7H,1-2H3,(H,16,17). The molecule has 0 atom stereocenters. The maximum absolute atomic E-state index is 13.4. The molecule has 2 rings (SSSR count). The minimum Gasteiger partial charge on any atom is -0.340 e. The third-order valence-electron chi connectivity index (χ3n) is 2.47. The molecule has 0 spiro atoms. The van der Waals surface area contributed by atoms with Gasteiger partial charge in [-0.3, -0.25) is 0 Å². The van der Waals surface area contributed by atoms with Gasteiger partial charge >= 0.3 is 0 Å². The number of anilines is 2. The zero-order chi connectivity index (χ0) is 12.4. The predicted octanol–water partition coefficient (Wildman–Crippen LogP) is 4.34. The van der Waals surface area contributed by atoms with Gasteiger partial charge in [0.25, 0.3) is 0 Å². The first-order valence-electron chi connectivity index (χ1n) is 5.22. The van der Waals surface area contributed by atoms with E-state index in [1.807, 2.05) is 25.1 Å². The Hall–Kier alpha value is -1.42. The van der Waals surface area contributed by atoms with Crippen LogP contribution in [-0.2, 0) is 0 Å². The number of hydrogen-bond acceptors (Lipinski definition) is 2. The summed E-state index contributed by atoms with van der Waals surface area (Å²) < 4.78 is 14.3. The van der Waals surface area contributed by atoms with Crippen LogP contribution in [0, 0.1) is 19.7 Å². The van der Waals surface area contributed by atoms with Gasteiger partial charge in [-0.1, -0.05) is 6.07 Å². The predicted molar refractivity (Wildman–Crippen MR) is 71.1 cm³/mol. The van der Waals surface area contributed by atoms with Crippen LogP contribution >= 0.6 is 15.9 Å². The van der Waals surface area contributed by atoms with E-state index in [0.717, 1.165) is 10.2 Å². The van der Waals surface area contributed by atoms with Crippen LogP contribution in [0.2, 0.25) is 0 Å². The number of nitrogens with zero attached hydrogens (tertiary/aromatic N) is 1. The summed E-state index contributed by atoms with van der Waals surface area (Å²) >= 11 is 3.39. The molecule has 1 N–H and O–H groups in total. The van der Waals surface area contributed by atoms with E-state index in [1.54, 1.807) is 13.0 Å². The summed E-state index contributed by atoms with van der Waals surface area (Å²) in [6.45, 7) is 3.64. The quantitative estimate of drug-likeness (QED) is 0.891. The molecule has 0 bridgehead atoms. The highest BCUT2D eigenvalue weighted by Crippen LogP contribution is 2.21. The van der Waals surface area contributed by atoms with Crippen molar-refractivity contribution in [1.29, 1.82) is 0 Å². The first-order chi connectivity index (χ1) is 8.06. The average molecular weight is 295 g/mol. The van der Waals surface area contributed by atoms with E-state index >= 15 is 0 Å². The molecule has 2 aromatic rings. The normalized spacial score (nSPS) is 10.4. The molecule has 1 heterocycles. The molecule has 4 heteroatoms. The number of halogens is 2. The van der Waals surface area contributed by atoms with Crippen molar-refractivity contribution in [3.63, 3.8) is 0 Å². The lowest BCUT2D eigenvalue weighted by molar-refractivity contribution is 0.619. The van der Waals surface area contributed by atoms with Gasteiger partial charge in [0.15, 0.2) is 0 Å². The third-order valence-corrected chi connectivity index (χ3v) is 3.30. The Morgan fingerprint density at radius 3 is 2.59 bits per heavy atom. The van der Waals surface area contributed by atoms with Crippen LogP contribution in [0.25, 0.3) is 0 Å². The molecule has 0 aliphatic carbocycles. The summed E-state index contributed by atoms with van der Waals surface area (Å²) in [7, 11) is 0. The molecule has 0 amide bonds. The summed E-state index contributed by atoms with van der Waals surface area (Å²) in [5.74, 6) is 0.484. The Bertz CT molecular complexity index is 506. The van der Waals surface area contributed by atoms with E-state index in [1.165, 1.54) is 6.07 Å². The van der Waals surface area contributed by atoms with Crippen molar-refractivity contribution in [2.45, 2.75) is 13.8 Å². The van der Waals surface area contributed by atoms with E-state index < -0.39 is 0 Å². The number of nitrogens with one attached hydrogen (secondary N) is 1. The Balaban J connectivity index is 2.25. The Morgan fingerprint density at radius 1 is 1.18 bits per heavy atom. The molecule has 2 nitrogen and oxygen atoms in total. The van der Waals surface area contributed by atoms with Crippen molar-refractivity contribution < 1.29 is 4.39 Å². The molecule has 0 aliphatic heterocycles. The molecular formula is C13H12BrFN2. The summed E-state index contributed by atoms with van der Waals surface area (Å²) in [5, 5.41) is 3.07. The number of pyridine rings is 1. The molecule has 0 saturated heterocycles. The molecular weight excluding hydrogens is 283 g/mol. The summed E-state index contributed by atoms with van der Waals surface area (Å²) in [5.41, 5.74) is 2.22. The fourth-order valence-corrected chi connectivity index (χ4v) is 1.65. The highest BCUT2D eigenvalue weighted by molar-refractivity contribution is 9.10. The zero-order valence-electron chi connectivity index (χ0n) is 9.59. The van der Waals surface area contributed by atoms with Gasteiger partial charge in [0, 0.05) is 10.2 Å². The van der Waals surface area contributed by atoms with Gasteiger partial charge in [-0.15, -0.1) is 0 Å². The second kappa shape index (κ2) is 4.84. The lowest BCUT2D eigenvalue weighted by atomic mass is 10.2. The molecule has 88 valence electrons. The summed E-state index contributed by atoms with van der Waals surface area (Å²) in [4.78, 5) is 4.34. The Morgan fingerprint density at radius 2 is 1.94 bits per heavy atom. The van der Waals surface area contributed by atoms with Crippen LogP contribution in [0.5, 0.6) is 0 Å². The molecule has 0 aliphatic rings. The van der Waals surface area contributed by atoms with E-state index in [-0.39, 0.29) is 5.82 Å². The van der Waals surface area contributed by atoms with Gasteiger partial charge < -0.3 is 5.32 Å². The Kier molecular flexibility index (Phi) is 3.43. The molecule has 1 aromatic carbocycles. The molecule has 0 saturated carbocycles. The largest absolute Gasteiger partial charge is 0.340 e. The number of benzene rings is 1. The molecule has 0 fully saturated rings. The first kappa shape index (κ1) is 12.0. The van der Waals surface area contributed by atoms with Crippen molar-refractivity contribution >= 4 is 27.4 Å². The Labute approximate surface area is 108 Å². The zero-order valence-corrected chi connectivity index (χ0v) is 11.2. The SMILES string of the molecule is Cc1ccc(Nc2ccc(Br)c(C)n2)cc1F. The summed E-state index contributed by atoms with van der Waals surface area (Å²) in [6.07, 6.45) is 0. The van der Waals surface area contributed by atoms with Crippen molar-refractivity contribution in [2.75, 3.05) is 5.32 Å². The van der Waals surface area contributed by atoms with Crippen LogP contribution in [0.4, 0.5) is 15.9 Å². The van der Waals surface area contributed by atoms with Gasteiger partial charge in [0.1, 0.15) is 11.6 Å². The number of aryl methyl sites for hydroxylation is 2. The topological polar surface area (TPSA) is 24.9 Å². The van der Waals surface area contributed by atoms with Crippen molar-refractivity contribution in [3.8, 4) is 0 Å². The fourth-order valence-electron chi connectivity index (χ4n) is 1.43. The van der Waals surface area contributed by atoms with Gasteiger partial charge in [0.05, 0.1) is 5.69 Å². The van der Waals surface area contributed by atoms with Crippen LogP contribution in [-0.4, -0.2) is 4.98 Å². The number of aromatic nitrogens is 1. The minimum atomic E-state index is -0.219. The van der Waals surface area contributed by atoms with Crippen LogP contribution in [0.1, 0.15) is 11.3 Å². The van der Waals surface area contributed by atoms with Crippen molar-refractivity contribution in [1.82, 2.24) is 4.98 Å². The van der Waals surface area contributed by atoms with E-state index in [2.05, 4.69) is 26.2 Å². The average Bonchev–Trinajstić information content (AvgIpc) is 2.29. The molecule has 0 unspecified atom stereocenters. The fraction of sp³-hybridized carbons (Fsp3) is 0.154. The van der Waals surface area contributed by atoms with Crippen LogP contribution in [0.3, 0.4) is 0 Å². The van der Waals surface area contributed by atoms with Gasteiger partial charge in [-0.25, -0.2) is 9.37 Å². The maximum atomic E-state index is 13.4. The highest BCUT2D eigenvalue weighted by Gasteiger charge is 2.02. The third kappa shape index (κ3) is 2.82. The van der Waals surface area contributed by atoms with E-state index in [0.29, 0.717) is 17.1 Å². The van der Waals surface area contributed by atoms with Crippen LogP contribution < -0.4 is 5.32 Å². The van der Waals surface area contributed by atoms with E-state index in [4.69, 9.17) is 0 Å². The number of rotatable bonds is 2. The maximum Gasteiger partial charge on any atom is 0.130 e. The monoisotopic (exact) mass is 294 g/mol. The van der Waals surface area contributed by atoms with Crippen LogP contribution in [0.15, 0.2) is 34.8 Å². The summed E-state index contributed by atoms with van der Waals surface area (Å²) in [6, 6.07) is 8.79. The molecule has 17 heavy (non-hydrogen) atoms. The lowest BCUT2D eigenvalue weighted by Crippen LogP contribution is -1.96. The highest BCUT2D eigenvalue weighted by atomic mass is 79.9. The second-order valence-corrected chi connectivity index (χ2v) is 4.71. The smallest absolute Gasteiger partial charge is 0.130 e. The van der Waals surface area contributed by atoms with Crippen molar-refractivity contribution in [2.24, 2.45) is 0 Å². The van der Waals surface area contributed by atoms with Crippen molar-refractivity contribution in [3.05, 3.63) is 51.9 Å². The number of hydrogen-bond donors (Lipinski definition) is 1. The van der Waals surface area contributed by atoms with E-state index in [9.17, 15) is 4.39 Å². The molecule has 0 radical (unpaired) electrons. The lowest BCUT2D eigenvalue weighted by Gasteiger charge is -2.08. The van der Waals surface area contributed by atoms with Gasteiger partial charge in [0.2, 0.25) is 0 Å². The van der Waals surface area contributed by atoms with Gasteiger partial charge in [-0.2, -0.15) is 0 Å². The second-order valence-electron chi connectivity index (χ2n) is 3.85.